The van der Waals surface area contributed by atoms with E-state index in [1.54, 1.807) is 0 Å². The van der Waals surface area contributed by atoms with Crippen LogP contribution in [0.2, 0.25) is 0 Å². The average Bonchev–Trinajstić information content (AvgIpc) is 2.18. The van der Waals surface area contributed by atoms with Crippen LogP contribution < -0.4 is 5.30 Å². The van der Waals surface area contributed by atoms with Gasteiger partial charge in [-0.3, -0.25) is 0 Å². The van der Waals surface area contributed by atoms with Gasteiger partial charge in [-0.2, -0.15) is 0 Å². The van der Waals surface area contributed by atoms with Crippen LogP contribution in [0.15, 0.2) is 30.3 Å². The zero-order chi connectivity index (χ0) is 9.64. The Kier molecular flexibility index (Phi) is 4.65. The van der Waals surface area contributed by atoms with Crippen molar-refractivity contribution in [1.82, 2.24) is 0 Å². The Morgan fingerprint density at radius 2 is 1.64 bits per heavy atom. The summed E-state index contributed by atoms with van der Waals surface area (Å²) < 4.78 is 5.43. The molecule has 1 aliphatic rings. The normalized spacial score (nSPS) is 20.0. The number of ether oxygens (including phenoxy) is 1. The summed E-state index contributed by atoms with van der Waals surface area (Å²) in [5, 5.41) is 1.50. The van der Waals surface area contributed by atoms with Crippen LogP contribution in [0.3, 0.4) is 0 Å². The summed E-state index contributed by atoms with van der Waals surface area (Å²) in [6.45, 7) is 1.83. The first-order valence-corrected chi connectivity index (χ1v) is 9.18. The molecule has 0 aliphatic carbocycles. The SMILES string of the molecule is c1ccc(P2SCCOCCS2)cc1. The van der Waals surface area contributed by atoms with Gasteiger partial charge in [-0.15, -0.1) is 22.8 Å². The van der Waals surface area contributed by atoms with E-state index in [0.29, 0.717) is 0 Å². The van der Waals surface area contributed by atoms with Crippen LogP contribution in [0, 0.1) is 0 Å². The highest BCUT2D eigenvalue weighted by molar-refractivity contribution is 8.90. The maximum atomic E-state index is 5.43. The third-order valence-electron chi connectivity index (χ3n) is 1.84. The van der Waals surface area contributed by atoms with Gasteiger partial charge >= 0.3 is 0 Å². The van der Waals surface area contributed by atoms with Crippen LogP contribution in [0.5, 0.6) is 0 Å². The van der Waals surface area contributed by atoms with E-state index in [1.165, 1.54) is 5.30 Å². The highest BCUT2D eigenvalue weighted by Crippen LogP contribution is 2.59. The van der Waals surface area contributed by atoms with Crippen LogP contribution in [-0.2, 0) is 4.74 Å². The molecule has 1 nitrogen and oxygen atoms in total. The van der Waals surface area contributed by atoms with Crippen LogP contribution >= 0.6 is 29.1 Å². The quantitative estimate of drug-likeness (QED) is 0.702. The Balaban J connectivity index is 2.01. The van der Waals surface area contributed by atoms with Gasteiger partial charge in [-0.1, -0.05) is 30.3 Å². The molecule has 0 atom stereocenters. The lowest BCUT2D eigenvalue weighted by molar-refractivity contribution is 0.167. The molecular formula is C10H13OPS2. The zero-order valence-corrected chi connectivity index (χ0v) is 10.4. The largest absolute Gasteiger partial charge is 0.380 e. The number of benzene rings is 1. The third kappa shape index (κ3) is 3.16. The lowest BCUT2D eigenvalue weighted by Gasteiger charge is -2.19. The topological polar surface area (TPSA) is 9.23 Å². The zero-order valence-electron chi connectivity index (χ0n) is 7.89. The first-order chi connectivity index (χ1) is 6.97. The van der Waals surface area contributed by atoms with Crippen molar-refractivity contribution in [1.29, 1.82) is 0 Å². The summed E-state index contributed by atoms with van der Waals surface area (Å²) in [5.41, 5.74) is 0. The van der Waals surface area contributed by atoms with E-state index < -0.39 is 0 Å². The standard InChI is InChI=1S/C10H13OPS2/c1-2-4-10(5-3-1)12-13-8-6-11-7-9-14-12/h1-5H,6-9H2. The van der Waals surface area contributed by atoms with Crippen LogP contribution in [0.4, 0.5) is 0 Å². The smallest absolute Gasteiger partial charge is 0.0560 e. The van der Waals surface area contributed by atoms with Crippen molar-refractivity contribution in [2.75, 3.05) is 24.7 Å². The molecule has 14 heavy (non-hydrogen) atoms. The molecule has 0 amide bonds. The van der Waals surface area contributed by atoms with Gasteiger partial charge in [0, 0.05) is 17.8 Å². The molecule has 0 bridgehead atoms. The second-order valence-electron chi connectivity index (χ2n) is 2.87. The molecule has 1 fully saturated rings. The Morgan fingerprint density at radius 1 is 1.00 bits per heavy atom. The molecule has 1 saturated heterocycles. The Bertz CT molecular complexity index is 260. The van der Waals surface area contributed by atoms with E-state index in [0.717, 1.165) is 24.7 Å². The van der Waals surface area contributed by atoms with E-state index in [1.807, 2.05) is 0 Å². The predicted octanol–water partition coefficient (Wildman–Crippen LogP) is 3.12. The van der Waals surface area contributed by atoms with Gasteiger partial charge in [-0.25, -0.2) is 0 Å². The second kappa shape index (κ2) is 6.02. The maximum absolute atomic E-state index is 5.43. The fraction of sp³-hybridized carbons (Fsp3) is 0.400. The van der Waals surface area contributed by atoms with Crippen LogP contribution in [0.25, 0.3) is 0 Å². The van der Waals surface area contributed by atoms with Crippen molar-refractivity contribution in [2.24, 2.45) is 0 Å². The van der Waals surface area contributed by atoms with Crippen molar-refractivity contribution < 1.29 is 4.74 Å². The highest BCUT2D eigenvalue weighted by Gasteiger charge is 2.13. The van der Waals surface area contributed by atoms with Gasteiger partial charge in [0.2, 0.25) is 0 Å². The number of rotatable bonds is 1. The molecule has 0 radical (unpaired) electrons. The Morgan fingerprint density at radius 3 is 2.29 bits per heavy atom. The maximum Gasteiger partial charge on any atom is 0.0560 e. The molecule has 76 valence electrons. The van der Waals surface area contributed by atoms with Crippen molar-refractivity contribution in [3.05, 3.63) is 30.3 Å². The lowest BCUT2D eigenvalue weighted by atomic mass is 10.4. The van der Waals surface area contributed by atoms with Crippen LogP contribution in [0.1, 0.15) is 0 Å². The van der Waals surface area contributed by atoms with E-state index in [2.05, 4.69) is 53.1 Å². The number of hydrogen-bond donors (Lipinski definition) is 0. The molecule has 4 heteroatoms. The van der Waals surface area contributed by atoms with E-state index in [9.17, 15) is 0 Å². The first kappa shape index (κ1) is 10.8. The molecular weight excluding hydrogens is 231 g/mol. The summed E-state index contributed by atoms with van der Waals surface area (Å²) >= 11 is 4.11. The summed E-state index contributed by atoms with van der Waals surface area (Å²) in [7, 11) is 0. The average molecular weight is 244 g/mol. The molecule has 1 aliphatic heterocycles. The Hall–Kier alpha value is 0.310. The van der Waals surface area contributed by atoms with Crippen molar-refractivity contribution in [3.63, 3.8) is 0 Å². The molecule has 0 spiro atoms. The minimum atomic E-state index is -0.0572. The van der Waals surface area contributed by atoms with Crippen molar-refractivity contribution in [2.45, 2.75) is 0 Å². The van der Waals surface area contributed by atoms with Crippen molar-refractivity contribution >= 4 is 34.4 Å². The predicted molar refractivity (Wildman–Crippen MR) is 68.7 cm³/mol. The van der Waals surface area contributed by atoms with E-state index >= 15 is 0 Å². The Labute approximate surface area is 94.2 Å². The van der Waals surface area contributed by atoms with Crippen molar-refractivity contribution in [3.8, 4) is 0 Å². The number of hydrogen-bond acceptors (Lipinski definition) is 3. The van der Waals surface area contributed by atoms with Gasteiger partial charge in [0.25, 0.3) is 0 Å². The summed E-state index contributed by atoms with van der Waals surface area (Å²) in [6, 6.07) is 10.8. The monoisotopic (exact) mass is 244 g/mol. The molecule has 2 rings (SSSR count). The van der Waals surface area contributed by atoms with E-state index in [-0.39, 0.29) is 6.33 Å². The summed E-state index contributed by atoms with van der Waals surface area (Å²) in [4.78, 5) is 0. The highest BCUT2D eigenvalue weighted by atomic mass is 33.1. The molecule has 0 saturated carbocycles. The summed E-state index contributed by atoms with van der Waals surface area (Å²) in [6.07, 6.45) is -0.0572. The minimum Gasteiger partial charge on any atom is -0.380 e. The molecule has 0 unspecified atom stereocenters. The summed E-state index contributed by atoms with van der Waals surface area (Å²) in [5.74, 6) is 2.27. The molecule has 0 aromatic heterocycles. The van der Waals surface area contributed by atoms with Crippen LogP contribution in [-0.4, -0.2) is 24.7 Å². The van der Waals surface area contributed by atoms with Gasteiger partial charge in [-0.05, 0) is 5.30 Å². The fourth-order valence-electron chi connectivity index (χ4n) is 1.20. The molecule has 1 aromatic carbocycles. The van der Waals surface area contributed by atoms with Gasteiger partial charge in [0.1, 0.15) is 0 Å². The fourth-order valence-corrected chi connectivity index (χ4v) is 8.00. The molecule has 0 N–H and O–H groups in total. The minimum absolute atomic E-state index is 0.0572. The first-order valence-electron chi connectivity index (χ1n) is 4.65. The molecule has 1 aromatic rings. The molecule has 1 heterocycles. The second-order valence-corrected chi connectivity index (χ2v) is 9.67. The lowest BCUT2D eigenvalue weighted by Crippen LogP contribution is -2.06. The van der Waals surface area contributed by atoms with E-state index in [4.69, 9.17) is 4.74 Å². The van der Waals surface area contributed by atoms with Gasteiger partial charge in [0.05, 0.1) is 13.2 Å². The third-order valence-corrected chi connectivity index (χ3v) is 9.39. The van der Waals surface area contributed by atoms with Gasteiger partial charge in [0.15, 0.2) is 0 Å². The van der Waals surface area contributed by atoms with Gasteiger partial charge < -0.3 is 4.74 Å².